The molecule has 22 heteroatoms. The fraction of sp³-hybridized carbons (Fsp3) is 0.373. The van der Waals surface area contributed by atoms with Crippen molar-refractivity contribution in [3.8, 4) is 58.9 Å². The number of ether oxygens (including phenoxy) is 4. The fourth-order valence-corrected chi connectivity index (χ4v) is 18.7. The highest BCUT2D eigenvalue weighted by molar-refractivity contribution is 5.90. The number of carbonyl (C=O) groups is 8. The third kappa shape index (κ3) is 19.6. The second-order valence-electron chi connectivity index (χ2n) is 33.4. The molecular formula is C102H104N8O14. The Balaban J connectivity index is 0.000000128. The summed E-state index contributed by atoms with van der Waals surface area (Å²) in [5.41, 5.74) is 11.8. The number of carbonyl (C=O) groups excluding carboxylic acids is 8. The van der Waals surface area contributed by atoms with Crippen LogP contribution in [0.1, 0.15) is 143 Å². The zero-order chi connectivity index (χ0) is 86.7. The second kappa shape index (κ2) is 39.2. The van der Waals surface area contributed by atoms with Crippen LogP contribution in [0.4, 0.5) is 0 Å². The lowest BCUT2D eigenvalue weighted by molar-refractivity contribution is -0.168. The van der Waals surface area contributed by atoms with Crippen molar-refractivity contribution in [3.63, 3.8) is 0 Å². The van der Waals surface area contributed by atoms with Crippen molar-refractivity contribution in [1.82, 2.24) is 39.2 Å². The Bertz CT molecular complexity index is 5500. The zero-order valence-electron chi connectivity index (χ0n) is 70.8. The molecule has 12 atom stereocenters. The number of rotatable bonds is 16. The molecule has 2 aliphatic carbocycles. The van der Waals surface area contributed by atoms with Gasteiger partial charge in [-0.15, -0.1) is 0 Å². The first-order valence-corrected chi connectivity index (χ1v) is 42.7. The molecule has 0 aromatic heterocycles. The molecule has 22 nitrogen and oxygen atoms in total. The second-order valence-corrected chi connectivity index (χ2v) is 33.4. The summed E-state index contributed by atoms with van der Waals surface area (Å²) in [7, 11) is 6.59. The zero-order valence-corrected chi connectivity index (χ0v) is 70.8. The maximum atomic E-state index is 12.9. The topological polar surface area (TPSA) is 240 Å². The first-order valence-electron chi connectivity index (χ1n) is 42.7. The van der Waals surface area contributed by atoms with Crippen LogP contribution in [0.25, 0.3) is 0 Å². The van der Waals surface area contributed by atoms with Crippen molar-refractivity contribution in [3.05, 3.63) is 273 Å². The Kier molecular flexibility index (Phi) is 27.2. The molecule has 10 fully saturated rings. The van der Waals surface area contributed by atoms with Gasteiger partial charge in [-0.05, 0) is 169 Å². The number of amides is 8. The molecule has 8 aliphatic heterocycles. The van der Waals surface area contributed by atoms with Gasteiger partial charge in [0, 0.05) is 135 Å². The highest BCUT2D eigenvalue weighted by Crippen LogP contribution is 2.48. The largest absolute Gasteiger partial charge is 0.497 e. The van der Waals surface area contributed by atoms with E-state index in [9.17, 15) is 48.6 Å². The van der Waals surface area contributed by atoms with Gasteiger partial charge in [-0.2, -0.15) is 0 Å². The van der Waals surface area contributed by atoms with Gasteiger partial charge in [-0.25, -0.2) is 0 Å². The molecule has 0 radical (unpaired) electrons. The minimum Gasteiger partial charge on any atom is -0.497 e. The van der Waals surface area contributed by atoms with Crippen molar-refractivity contribution in [2.75, 3.05) is 107 Å². The van der Waals surface area contributed by atoms with Crippen LogP contribution >= 0.6 is 0 Å². The molecule has 2 N–H and O–H groups in total. The van der Waals surface area contributed by atoms with Gasteiger partial charge in [-0.3, -0.25) is 38.4 Å². The number of hydrogen-bond acceptors (Lipinski definition) is 14. The van der Waals surface area contributed by atoms with Gasteiger partial charge in [0.15, 0.2) is 0 Å². The van der Waals surface area contributed by atoms with Gasteiger partial charge in [0.1, 0.15) is 11.5 Å². The molecule has 8 amide bonds. The summed E-state index contributed by atoms with van der Waals surface area (Å²) in [4.78, 5) is 114. The lowest BCUT2D eigenvalue weighted by Crippen LogP contribution is -2.73. The maximum Gasteiger partial charge on any atom is 0.242 e. The summed E-state index contributed by atoms with van der Waals surface area (Å²) in [6, 6.07) is 66.8. The summed E-state index contributed by atoms with van der Waals surface area (Å²) in [5.74, 6) is 28.2. The van der Waals surface area contributed by atoms with E-state index in [-0.39, 0.29) is 159 Å². The molecule has 636 valence electrons. The number of aliphatic hydroxyl groups excluding tert-OH is 2. The quantitative estimate of drug-likeness (QED) is 0.0858. The van der Waals surface area contributed by atoms with Gasteiger partial charge >= 0.3 is 0 Å². The summed E-state index contributed by atoms with van der Waals surface area (Å²) in [5, 5.41) is 19.8. The Hall–Kier alpha value is -12.8. The van der Waals surface area contributed by atoms with Crippen LogP contribution in [-0.4, -0.2) is 252 Å². The molecule has 0 unspecified atom stereocenters. The number of methoxy groups -OCH3 is 4. The van der Waals surface area contributed by atoms with Crippen LogP contribution in [-0.2, 0) is 47.8 Å². The lowest BCUT2D eigenvalue weighted by atomic mass is 9.73. The lowest BCUT2D eigenvalue weighted by Gasteiger charge is -2.59. The van der Waals surface area contributed by atoms with E-state index in [0.717, 1.165) is 98.4 Å². The van der Waals surface area contributed by atoms with Crippen LogP contribution in [0.15, 0.2) is 206 Å². The van der Waals surface area contributed by atoms with E-state index >= 15 is 0 Å². The molecule has 8 aromatic carbocycles. The number of hydrogen-bond donors (Lipinski definition) is 2. The Morgan fingerprint density at radius 2 is 0.589 bits per heavy atom. The third-order valence-electron chi connectivity index (χ3n) is 25.5. The molecule has 8 saturated heterocycles. The minimum absolute atomic E-state index is 0.00138. The number of benzene rings is 8. The third-order valence-corrected chi connectivity index (χ3v) is 25.5. The number of nitrogens with zero attached hydrogens (tertiary/aromatic N) is 8. The van der Waals surface area contributed by atoms with E-state index < -0.39 is 0 Å². The SMILES string of the molecule is COC[C@H]1[C@@H](c2ccc(C#Cc3cccc(OC)c3)cc2)[C@@H]2CN(C(C)=O)CC(=O)N12.COC[C@H]1[C@@H](c2ccc(C#Cc3ccccc3)cc2)[C@H]2CN(C(=O)CC3CC3)CC(=O)N21.COc1cccc(C#Cc2ccc([C@@H]3[C@H](CO)N4C(=O)CN(C(C)=O)C[C@@H]34)cc2)c1.O=C(CC1CC1)N1CC(=O)N2[C@H](C1)[C@H](c1ccc(C#Cc3ccccc3)cc1)[C@@H]2CO. The van der Waals surface area contributed by atoms with E-state index in [1.807, 2.05) is 192 Å². The molecule has 2 saturated carbocycles. The van der Waals surface area contributed by atoms with Crippen molar-refractivity contribution in [2.24, 2.45) is 11.8 Å². The first-order chi connectivity index (χ1) is 60.3. The number of piperazine rings is 4. The standard InChI is InChI=1S/C27H28N2O3.C26H26N2O3.C25H26N2O4.C24H24N2O4/c1-32-18-24-27(22-13-11-20(12-14-22)8-7-19-5-3-2-4-6-19)23-16-28(17-26(31)29(23)24)25(30)15-21-9-10-21;29-17-23-26(21-12-10-19(11-13-21)7-6-18-4-2-1-3-5-18)22-15-27(16-25(31)28(22)23)24(30)14-20-8-9-20;1-17(28)26-14-22-25(23(16-30-2)27(22)24(29)15-26)20-11-9-18(10-12-20)7-8-19-5-4-6-21(13-19)31-3;1-16(28)25-13-21-24(22(15-27)26(21)23(29)14-25)19-10-8-17(9-11-19)6-7-18-4-3-5-20(12-18)30-2/h2-6,11-14,21,23-24,27H,9-10,15-18H2,1H3;1-5,10-13,20,22-23,26,29H,8-9,14-17H2;4-6,9-13,22-23,25H,14-16H2,1-3H3;3-5,8-12,21-22,24,27H,13-15H2,1-2H3/t23-,24+,27+;22-,23+,26+;22-,23-,25-;21-,22-,24-/m1100/s1. The van der Waals surface area contributed by atoms with Crippen LogP contribution in [0, 0.1) is 59.2 Å². The predicted molar refractivity (Wildman–Crippen MR) is 467 cm³/mol. The van der Waals surface area contributed by atoms with Crippen LogP contribution < -0.4 is 9.47 Å². The summed E-state index contributed by atoms with van der Waals surface area (Å²) < 4.78 is 21.3. The summed E-state index contributed by atoms with van der Waals surface area (Å²) in [6.07, 6.45) is 5.67. The van der Waals surface area contributed by atoms with Crippen LogP contribution in [0.2, 0.25) is 0 Å². The van der Waals surface area contributed by atoms with Gasteiger partial charge in [0.2, 0.25) is 47.3 Å². The van der Waals surface area contributed by atoms with E-state index in [1.165, 1.54) is 19.4 Å². The molecular weight excluding hydrogens is 1560 g/mol. The monoisotopic (exact) mass is 1660 g/mol. The van der Waals surface area contributed by atoms with Crippen molar-refractivity contribution in [2.45, 2.75) is 124 Å². The van der Waals surface area contributed by atoms with E-state index in [4.69, 9.17) is 18.9 Å². The fourth-order valence-electron chi connectivity index (χ4n) is 18.7. The summed E-state index contributed by atoms with van der Waals surface area (Å²) >= 11 is 0. The number of aliphatic hydroxyl groups is 2. The molecule has 0 spiro atoms. The highest BCUT2D eigenvalue weighted by atomic mass is 16.5. The van der Waals surface area contributed by atoms with Gasteiger partial charge in [0.25, 0.3) is 0 Å². The molecule has 8 aromatic rings. The van der Waals surface area contributed by atoms with Gasteiger partial charge in [-0.1, -0.05) is 144 Å². The predicted octanol–water partition coefficient (Wildman–Crippen LogP) is 9.30. The van der Waals surface area contributed by atoms with Crippen molar-refractivity contribution >= 4 is 47.3 Å². The molecule has 0 bridgehead atoms. The number of fused-ring (bicyclic) bond motifs is 4. The van der Waals surface area contributed by atoms with Crippen LogP contribution in [0.5, 0.6) is 11.5 Å². The molecule has 124 heavy (non-hydrogen) atoms. The van der Waals surface area contributed by atoms with Gasteiger partial charge < -0.3 is 68.4 Å². The highest BCUT2D eigenvalue weighted by Gasteiger charge is 2.58. The average molecular weight is 1670 g/mol. The Morgan fingerprint density at radius 1 is 0.331 bits per heavy atom. The Morgan fingerprint density at radius 3 is 0.863 bits per heavy atom. The first kappa shape index (κ1) is 86.2. The molecule has 10 aliphatic rings. The van der Waals surface area contributed by atoms with E-state index in [2.05, 4.69) is 71.6 Å². The van der Waals surface area contributed by atoms with E-state index in [0.29, 0.717) is 64.1 Å². The summed E-state index contributed by atoms with van der Waals surface area (Å²) in [6.45, 7) is 6.60. The maximum absolute atomic E-state index is 12.9. The van der Waals surface area contributed by atoms with Gasteiger partial charge in [0.05, 0.1) is 115 Å². The average Bonchev–Trinajstić information content (AvgIpc) is 0.816. The molecule has 8 heterocycles. The smallest absolute Gasteiger partial charge is 0.242 e. The van der Waals surface area contributed by atoms with E-state index in [1.54, 1.807) is 57.8 Å². The molecule has 18 rings (SSSR count). The normalized spacial score (nSPS) is 23.4. The minimum atomic E-state index is -0.245. The van der Waals surface area contributed by atoms with Crippen LogP contribution in [0.3, 0.4) is 0 Å². The Labute approximate surface area is 725 Å². The van der Waals surface area contributed by atoms with Crippen molar-refractivity contribution in [1.29, 1.82) is 0 Å². The van der Waals surface area contributed by atoms with Crippen molar-refractivity contribution < 1.29 is 67.5 Å².